The Labute approximate surface area is 181 Å². The number of fused-ring (bicyclic) bond motifs is 1. The molecule has 2 N–H and O–H groups in total. The lowest BCUT2D eigenvalue weighted by molar-refractivity contribution is -0.159. The number of halogens is 2. The first kappa shape index (κ1) is 21.5. The molecule has 4 rings (SSSR count). The third kappa shape index (κ3) is 4.07. The zero-order chi connectivity index (χ0) is 22.2. The van der Waals surface area contributed by atoms with E-state index in [0.29, 0.717) is 5.56 Å². The third-order valence-electron chi connectivity index (χ3n) is 5.68. The van der Waals surface area contributed by atoms with E-state index in [1.165, 1.54) is 17.8 Å². The maximum atomic E-state index is 14.9. The Morgan fingerprint density at radius 1 is 1.23 bits per heavy atom. The molecule has 31 heavy (non-hydrogen) atoms. The molecule has 4 atom stereocenters. The lowest BCUT2D eigenvalue weighted by Gasteiger charge is -2.48. The van der Waals surface area contributed by atoms with Gasteiger partial charge in [0.05, 0.1) is 6.61 Å². The average Bonchev–Trinajstić information content (AvgIpc) is 2.73. The highest BCUT2D eigenvalue weighted by atomic mass is 32.2. The smallest absolute Gasteiger partial charge is 0.332 e. The number of nitrogens with zero attached hydrogens (tertiary/aromatic N) is 1. The van der Waals surface area contributed by atoms with Crippen LogP contribution in [0.1, 0.15) is 29.3 Å². The second-order valence-electron chi connectivity index (χ2n) is 7.59. The van der Waals surface area contributed by atoms with Crippen LogP contribution in [0.25, 0.3) is 0 Å². The number of nitrogens with one attached hydrogen (secondary N) is 1. The fourth-order valence-corrected chi connectivity index (χ4v) is 5.38. The number of amidine groups is 1. The second-order valence-corrected chi connectivity index (χ2v) is 8.95. The maximum absolute atomic E-state index is 14.9. The van der Waals surface area contributed by atoms with Crippen molar-refractivity contribution in [3.05, 3.63) is 71.3 Å². The van der Waals surface area contributed by atoms with E-state index in [2.05, 4.69) is 10.3 Å². The van der Waals surface area contributed by atoms with Crippen LogP contribution in [0.4, 0.5) is 8.78 Å². The molecule has 0 aromatic heterocycles. The number of carboxylic acid groups (broad SMARTS) is 1. The van der Waals surface area contributed by atoms with Crippen LogP contribution in [0.2, 0.25) is 0 Å². The summed E-state index contributed by atoms with van der Waals surface area (Å²) in [5, 5.41) is 12.2. The lowest BCUT2D eigenvalue weighted by atomic mass is 9.72. The quantitative estimate of drug-likeness (QED) is 0.753. The summed E-state index contributed by atoms with van der Waals surface area (Å²) >= 11 is 1.28. The van der Waals surface area contributed by atoms with Crippen molar-refractivity contribution in [3.63, 3.8) is 0 Å². The number of aliphatic carboxylic acids is 1. The Bertz CT molecular complexity index is 1050. The molecule has 1 fully saturated rings. The molecule has 2 aliphatic rings. The summed E-state index contributed by atoms with van der Waals surface area (Å²) in [6.07, 6.45) is -0.927. The second kappa shape index (κ2) is 8.39. The summed E-state index contributed by atoms with van der Waals surface area (Å²) in [5.74, 6) is -3.39. The van der Waals surface area contributed by atoms with Crippen molar-refractivity contribution in [2.45, 2.75) is 30.2 Å². The van der Waals surface area contributed by atoms with E-state index in [0.717, 1.165) is 12.1 Å². The minimum absolute atomic E-state index is 0.112. The number of amides is 1. The number of ether oxygens (including phenoxy) is 1. The molecule has 6 nitrogen and oxygen atoms in total. The summed E-state index contributed by atoms with van der Waals surface area (Å²) in [4.78, 5) is 28.8. The molecule has 0 aliphatic carbocycles. The summed E-state index contributed by atoms with van der Waals surface area (Å²) in [7, 11) is 0. The summed E-state index contributed by atoms with van der Waals surface area (Å²) < 4.78 is 34.0. The van der Waals surface area contributed by atoms with Crippen LogP contribution < -0.4 is 5.32 Å². The van der Waals surface area contributed by atoms with Crippen LogP contribution >= 0.6 is 11.8 Å². The number of thioether (sulfide) groups is 1. The van der Waals surface area contributed by atoms with Gasteiger partial charge in [-0.1, -0.05) is 43.0 Å². The molecule has 0 spiro atoms. The van der Waals surface area contributed by atoms with Crippen LogP contribution in [0.5, 0.6) is 0 Å². The molecular weight excluding hydrogens is 426 g/mol. The first-order chi connectivity index (χ1) is 14.8. The van der Waals surface area contributed by atoms with Gasteiger partial charge in [-0.15, -0.1) is 0 Å². The van der Waals surface area contributed by atoms with Gasteiger partial charge in [0, 0.05) is 28.4 Å². The van der Waals surface area contributed by atoms with E-state index in [9.17, 15) is 23.5 Å². The Kier molecular flexibility index (Phi) is 5.81. The number of hydrogen-bond acceptors (Lipinski definition) is 5. The zero-order valence-corrected chi connectivity index (χ0v) is 17.4. The predicted octanol–water partition coefficient (Wildman–Crippen LogP) is 3.57. The molecule has 0 radical (unpaired) electrons. The molecule has 0 unspecified atom stereocenters. The molecule has 2 aromatic rings. The van der Waals surface area contributed by atoms with Gasteiger partial charge >= 0.3 is 5.97 Å². The van der Waals surface area contributed by atoms with E-state index >= 15 is 0 Å². The van der Waals surface area contributed by atoms with Gasteiger partial charge in [-0.05, 0) is 24.6 Å². The summed E-state index contributed by atoms with van der Waals surface area (Å²) in [5.41, 5.74) is -0.733. The van der Waals surface area contributed by atoms with E-state index in [1.54, 1.807) is 30.3 Å². The van der Waals surface area contributed by atoms with E-state index in [-0.39, 0.29) is 34.9 Å². The highest BCUT2D eigenvalue weighted by Crippen LogP contribution is 2.50. The number of carboxylic acids is 1. The lowest BCUT2D eigenvalue weighted by Crippen LogP contribution is -2.55. The van der Waals surface area contributed by atoms with Gasteiger partial charge in [-0.25, -0.2) is 18.6 Å². The Balaban J connectivity index is 1.76. The first-order valence-electron chi connectivity index (χ1n) is 9.73. The Morgan fingerprint density at radius 2 is 1.97 bits per heavy atom. The van der Waals surface area contributed by atoms with Gasteiger partial charge in [0.25, 0.3) is 5.91 Å². The van der Waals surface area contributed by atoms with Crippen LogP contribution in [0, 0.1) is 17.6 Å². The SMILES string of the molecule is C[C@H]1SC(NC(=O)c2ccccc2)=N[C@@]2(c3ccc(F)cc3F)CO[C@@H](C(=O)O)C[C@@H]12. The van der Waals surface area contributed by atoms with Gasteiger partial charge in [-0.2, -0.15) is 0 Å². The van der Waals surface area contributed by atoms with Crippen LogP contribution in [0.3, 0.4) is 0 Å². The van der Waals surface area contributed by atoms with Crippen molar-refractivity contribution in [3.8, 4) is 0 Å². The van der Waals surface area contributed by atoms with Gasteiger partial charge < -0.3 is 15.2 Å². The molecule has 0 saturated carbocycles. The highest BCUT2D eigenvalue weighted by Gasteiger charge is 2.53. The van der Waals surface area contributed by atoms with E-state index in [1.807, 2.05) is 6.92 Å². The molecular formula is C22H20F2N2O4S. The summed E-state index contributed by atoms with van der Waals surface area (Å²) in [6, 6.07) is 11.8. The molecule has 162 valence electrons. The number of hydrogen-bond donors (Lipinski definition) is 2. The fraction of sp³-hybridized carbons (Fsp3) is 0.318. The number of carbonyl (C=O) groups excluding carboxylic acids is 1. The Morgan fingerprint density at radius 3 is 2.65 bits per heavy atom. The number of benzene rings is 2. The topological polar surface area (TPSA) is 88.0 Å². The van der Waals surface area contributed by atoms with Crippen molar-refractivity contribution in [2.24, 2.45) is 10.9 Å². The monoisotopic (exact) mass is 446 g/mol. The number of carbonyl (C=O) groups is 2. The molecule has 1 amide bonds. The van der Waals surface area contributed by atoms with Crippen molar-refractivity contribution in [1.29, 1.82) is 0 Å². The van der Waals surface area contributed by atoms with Gasteiger partial charge in [-0.3, -0.25) is 4.79 Å². The van der Waals surface area contributed by atoms with Crippen molar-refractivity contribution in [1.82, 2.24) is 5.32 Å². The van der Waals surface area contributed by atoms with Crippen molar-refractivity contribution >= 4 is 28.8 Å². The van der Waals surface area contributed by atoms with Gasteiger partial charge in [0.15, 0.2) is 11.3 Å². The maximum Gasteiger partial charge on any atom is 0.332 e. The Hall–Kier alpha value is -2.78. The fourth-order valence-electron chi connectivity index (χ4n) is 4.16. The van der Waals surface area contributed by atoms with Crippen LogP contribution in [0.15, 0.2) is 53.5 Å². The van der Waals surface area contributed by atoms with Gasteiger partial charge in [0.2, 0.25) is 0 Å². The van der Waals surface area contributed by atoms with E-state index < -0.39 is 35.2 Å². The highest BCUT2D eigenvalue weighted by molar-refractivity contribution is 8.14. The standard InChI is InChI=1S/C22H20F2N2O4S/c1-12-16-10-18(20(28)29)30-11-22(16,15-8-7-14(23)9-17(15)24)26-21(31-12)25-19(27)13-5-3-2-4-6-13/h2-9,12,16,18H,10-11H2,1H3,(H,28,29)(H,25,26,27)/t12-,16+,18-,22-/m1/s1. The third-order valence-corrected chi connectivity index (χ3v) is 6.80. The minimum atomic E-state index is -1.28. The molecule has 2 aliphatic heterocycles. The average molecular weight is 446 g/mol. The molecule has 1 saturated heterocycles. The molecule has 2 aromatic carbocycles. The molecule has 9 heteroatoms. The largest absolute Gasteiger partial charge is 0.479 e. The van der Waals surface area contributed by atoms with Crippen LogP contribution in [-0.4, -0.2) is 40.1 Å². The summed E-state index contributed by atoms with van der Waals surface area (Å²) in [6.45, 7) is 1.67. The molecule has 2 heterocycles. The number of rotatable bonds is 3. The zero-order valence-electron chi connectivity index (χ0n) is 16.5. The van der Waals surface area contributed by atoms with E-state index in [4.69, 9.17) is 4.74 Å². The predicted molar refractivity (Wildman–Crippen MR) is 112 cm³/mol. The normalized spacial score (nSPS) is 27.7. The molecule has 0 bridgehead atoms. The van der Waals surface area contributed by atoms with Crippen molar-refractivity contribution in [2.75, 3.05) is 6.61 Å². The number of aliphatic imine (C=N–C) groups is 1. The van der Waals surface area contributed by atoms with Crippen LogP contribution in [-0.2, 0) is 15.1 Å². The van der Waals surface area contributed by atoms with Gasteiger partial charge in [0.1, 0.15) is 17.2 Å². The minimum Gasteiger partial charge on any atom is -0.479 e. The first-order valence-corrected chi connectivity index (χ1v) is 10.6. The van der Waals surface area contributed by atoms with Crippen molar-refractivity contribution < 1.29 is 28.2 Å².